The molecule has 1 aliphatic rings. The van der Waals surface area contributed by atoms with Crippen molar-refractivity contribution < 1.29 is 0 Å². The third-order valence-corrected chi connectivity index (χ3v) is 4.64. The second-order valence-corrected chi connectivity index (χ2v) is 6.54. The largest absolute Gasteiger partial charge is 0.307 e. The van der Waals surface area contributed by atoms with E-state index in [1.54, 1.807) is 0 Å². The van der Waals surface area contributed by atoms with Crippen molar-refractivity contribution in [3.63, 3.8) is 0 Å². The van der Waals surface area contributed by atoms with Gasteiger partial charge < -0.3 is 5.32 Å². The summed E-state index contributed by atoms with van der Waals surface area (Å²) in [5.74, 6) is 0. The molecular weight excluding hydrogens is 266 g/mol. The number of hydrogen-bond acceptors (Lipinski definition) is 1. The minimum atomic E-state index is 0.488. The molecule has 1 saturated carbocycles. The summed E-state index contributed by atoms with van der Waals surface area (Å²) >= 11 is 6.00. The zero-order valence-electron chi connectivity index (χ0n) is 12.7. The van der Waals surface area contributed by atoms with Crippen LogP contribution in [0.15, 0.2) is 24.3 Å². The van der Waals surface area contributed by atoms with Gasteiger partial charge in [0.15, 0.2) is 0 Å². The van der Waals surface area contributed by atoms with Crippen molar-refractivity contribution in [1.29, 1.82) is 0 Å². The van der Waals surface area contributed by atoms with Crippen molar-refractivity contribution in [2.45, 2.75) is 76.8 Å². The van der Waals surface area contributed by atoms with Crippen LogP contribution < -0.4 is 5.32 Å². The zero-order valence-corrected chi connectivity index (χ0v) is 13.5. The number of nitrogens with one attached hydrogen (secondary N) is 1. The van der Waals surface area contributed by atoms with Crippen molar-refractivity contribution in [1.82, 2.24) is 5.32 Å². The fourth-order valence-electron chi connectivity index (χ4n) is 3.24. The van der Waals surface area contributed by atoms with Gasteiger partial charge in [-0.2, -0.15) is 0 Å². The highest BCUT2D eigenvalue weighted by Gasteiger charge is 2.17. The van der Waals surface area contributed by atoms with Crippen molar-refractivity contribution in [3.8, 4) is 0 Å². The van der Waals surface area contributed by atoms with Gasteiger partial charge in [0.1, 0.15) is 0 Å². The highest BCUT2D eigenvalue weighted by Crippen LogP contribution is 2.24. The summed E-state index contributed by atoms with van der Waals surface area (Å²) < 4.78 is 0. The van der Waals surface area contributed by atoms with Crippen LogP contribution in [0, 0.1) is 0 Å². The SMILES string of the molecule is CCCC(NC1CCCCCCC1)c1ccc(Cl)cc1. The van der Waals surface area contributed by atoms with E-state index < -0.39 is 0 Å². The molecule has 0 bridgehead atoms. The molecule has 1 fully saturated rings. The van der Waals surface area contributed by atoms with Gasteiger partial charge in [0.2, 0.25) is 0 Å². The Balaban J connectivity index is 1.98. The fraction of sp³-hybridized carbons (Fsp3) is 0.667. The Morgan fingerprint density at radius 2 is 1.65 bits per heavy atom. The maximum absolute atomic E-state index is 6.00. The van der Waals surface area contributed by atoms with E-state index in [2.05, 4.69) is 24.4 Å². The minimum Gasteiger partial charge on any atom is -0.307 e. The van der Waals surface area contributed by atoms with Crippen LogP contribution in [-0.4, -0.2) is 6.04 Å². The molecule has 1 atom stereocenters. The highest BCUT2D eigenvalue weighted by molar-refractivity contribution is 6.30. The molecule has 0 spiro atoms. The van der Waals surface area contributed by atoms with Crippen LogP contribution in [-0.2, 0) is 0 Å². The second kappa shape index (κ2) is 8.69. The first kappa shape index (κ1) is 15.9. The van der Waals surface area contributed by atoms with Gasteiger partial charge >= 0.3 is 0 Å². The summed E-state index contributed by atoms with van der Waals surface area (Å²) in [4.78, 5) is 0. The van der Waals surface area contributed by atoms with Crippen LogP contribution in [0.25, 0.3) is 0 Å². The van der Waals surface area contributed by atoms with Crippen molar-refractivity contribution in [2.75, 3.05) is 0 Å². The fourth-order valence-corrected chi connectivity index (χ4v) is 3.36. The van der Waals surface area contributed by atoms with E-state index in [1.165, 1.54) is 63.4 Å². The van der Waals surface area contributed by atoms with Crippen LogP contribution in [0.3, 0.4) is 0 Å². The van der Waals surface area contributed by atoms with Crippen molar-refractivity contribution in [3.05, 3.63) is 34.9 Å². The topological polar surface area (TPSA) is 12.0 Å². The van der Waals surface area contributed by atoms with Crippen LogP contribution >= 0.6 is 11.6 Å². The van der Waals surface area contributed by atoms with E-state index in [-0.39, 0.29) is 0 Å². The zero-order chi connectivity index (χ0) is 14.2. The predicted molar refractivity (Wildman–Crippen MR) is 88.3 cm³/mol. The van der Waals surface area contributed by atoms with E-state index >= 15 is 0 Å². The molecule has 2 rings (SSSR count). The Morgan fingerprint density at radius 3 is 2.25 bits per heavy atom. The maximum Gasteiger partial charge on any atom is 0.0406 e. The van der Waals surface area contributed by atoms with E-state index in [1.807, 2.05) is 12.1 Å². The second-order valence-electron chi connectivity index (χ2n) is 6.10. The molecule has 112 valence electrons. The Hall–Kier alpha value is -0.530. The van der Waals surface area contributed by atoms with E-state index in [0.717, 1.165) is 5.02 Å². The molecule has 1 unspecified atom stereocenters. The van der Waals surface area contributed by atoms with E-state index in [0.29, 0.717) is 12.1 Å². The van der Waals surface area contributed by atoms with Gasteiger partial charge in [0.25, 0.3) is 0 Å². The molecule has 0 aliphatic heterocycles. The van der Waals surface area contributed by atoms with Gasteiger partial charge in [0.05, 0.1) is 0 Å². The summed E-state index contributed by atoms with van der Waals surface area (Å²) in [6.07, 6.45) is 12.1. The molecule has 2 heteroatoms. The first-order valence-electron chi connectivity index (χ1n) is 8.31. The summed E-state index contributed by atoms with van der Waals surface area (Å²) in [6, 6.07) is 9.57. The number of rotatable bonds is 5. The lowest BCUT2D eigenvalue weighted by Crippen LogP contribution is -2.33. The van der Waals surface area contributed by atoms with Crippen LogP contribution in [0.5, 0.6) is 0 Å². The molecule has 0 amide bonds. The van der Waals surface area contributed by atoms with Gasteiger partial charge in [-0.25, -0.2) is 0 Å². The first-order valence-corrected chi connectivity index (χ1v) is 8.69. The molecule has 0 saturated heterocycles. The average Bonchev–Trinajstić information content (AvgIpc) is 2.42. The normalized spacial score (nSPS) is 19.3. The monoisotopic (exact) mass is 293 g/mol. The molecule has 1 N–H and O–H groups in total. The summed E-state index contributed by atoms with van der Waals surface area (Å²) in [7, 11) is 0. The molecule has 1 aromatic carbocycles. The molecular formula is C18H28ClN. The van der Waals surface area contributed by atoms with Crippen LogP contribution in [0.1, 0.15) is 76.3 Å². The van der Waals surface area contributed by atoms with Gasteiger partial charge in [-0.1, -0.05) is 69.2 Å². The standard InChI is InChI=1S/C18H28ClN/c1-2-8-18(15-11-13-16(19)14-12-15)20-17-9-6-4-3-5-7-10-17/h11-14,17-18,20H,2-10H2,1H3. The lowest BCUT2D eigenvalue weighted by atomic mass is 9.94. The minimum absolute atomic E-state index is 0.488. The highest BCUT2D eigenvalue weighted by atomic mass is 35.5. The quantitative estimate of drug-likeness (QED) is 0.714. The van der Waals surface area contributed by atoms with Gasteiger partial charge in [-0.3, -0.25) is 0 Å². The lowest BCUT2D eigenvalue weighted by molar-refractivity contribution is 0.343. The molecule has 1 nitrogen and oxygen atoms in total. The molecule has 1 aliphatic carbocycles. The summed E-state index contributed by atoms with van der Waals surface area (Å²) in [5, 5.41) is 4.75. The van der Waals surface area contributed by atoms with Crippen LogP contribution in [0.2, 0.25) is 5.02 Å². The maximum atomic E-state index is 6.00. The first-order chi connectivity index (χ1) is 9.79. The Morgan fingerprint density at radius 1 is 1.05 bits per heavy atom. The molecule has 0 aromatic heterocycles. The van der Waals surface area contributed by atoms with Gasteiger partial charge in [-0.05, 0) is 37.0 Å². The lowest BCUT2D eigenvalue weighted by Gasteiger charge is -2.27. The third-order valence-electron chi connectivity index (χ3n) is 4.39. The summed E-state index contributed by atoms with van der Waals surface area (Å²) in [6.45, 7) is 2.27. The smallest absolute Gasteiger partial charge is 0.0406 e. The number of halogens is 1. The predicted octanol–water partition coefficient (Wildman–Crippen LogP) is 5.88. The summed E-state index contributed by atoms with van der Waals surface area (Å²) in [5.41, 5.74) is 1.39. The van der Waals surface area contributed by atoms with Gasteiger partial charge in [-0.15, -0.1) is 0 Å². The Bertz CT molecular complexity index is 366. The average molecular weight is 294 g/mol. The van der Waals surface area contributed by atoms with E-state index in [9.17, 15) is 0 Å². The van der Waals surface area contributed by atoms with Crippen molar-refractivity contribution in [2.24, 2.45) is 0 Å². The van der Waals surface area contributed by atoms with Crippen LogP contribution in [0.4, 0.5) is 0 Å². The third kappa shape index (κ3) is 5.10. The molecule has 0 radical (unpaired) electrons. The Labute approximate surface area is 129 Å². The van der Waals surface area contributed by atoms with Crippen molar-refractivity contribution >= 4 is 11.6 Å². The Kier molecular flexibility index (Phi) is 6.89. The number of benzene rings is 1. The number of hydrogen-bond donors (Lipinski definition) is 1. The van der Waals surface area contributed by atoms with Gasteiger partial charge in [0, 0.05) is 17.1 Å². The molecule has 1 aromatic rings. The van der Waals surface area contributed by atoms with E-state index in [4.69, 9.17) is 11.6 Å². The molecule has 20 heavy (non-hydrogen) atoms. The molecule has 0 heterocycles.